The number of hydrogen-bond donors (Lipinski definition) is 3. The number of hydrogen-bond acceptors (Lipinski definition) is 5. The quantitative estimate of drug-likeness (QED) is 0.312. The smallest absolute Gasteiger partial charge is 0.258 e. The minimum absolute atomic E-state index is 0.0154. The molecule has 1 unspecified atom stereocenters. The highest BCUT2D eigenvalue weighted by atomic mass is 16.4. The highest BCUT2D eigenvalue weighted by Gasteiger charge is 2.31. The molecule has 1 fully saturated rings. The fourth-order valence-corrected chi connectivity index (χ4v) is 2.27. The van der Waals surface area contributed by atoms with Crippen molar-refractivity contribution in [2.45, 2.75) is 25.3 Å². The molecule has 1 amide bonds. The Hall–Kier alpha value is -2.31. The Labute approximate surface area is 110 Å². The molecule has 102 valence electrons. The monoisotopic (exact) mass is 264 g/mol. The van der Waals surface area contributed by atoms with Crippen molar-refractivity contribution in [1.82, 2.24) is 9.88 Å². The van der Waals surface area contributed by atoms with Gasteiger partial charge in [0.2, 0.25) is 0 Å². The van der Waals surface area contributed by atoms with Gasteiger partial charge < -0.3 is 20.9 Å². The van der Waals surface area contributed by atoms with Crippen molar-refractivity contribution in [3.8, 4) is 5.75 Å². The number of aromatic hydroxyl groups is 1. The molecule has 2 heterocycles. The second-order valence-corrected chi connectivity index (χ2v) is 4.43. The van der Waals surface area contributed by atoms with Crippen LogP contribution in [0.15, 0.2) is 23.6 Å². The Morgan fingerprint density at radius 2 is 2.32 bits per heavy atom. The Balaban J connectivity index is 2.28. The Bertz CT molecular complexity index is 504. The number of likely N-dealkylation sites (tertiary alicyclic amines) is 1. The van der Waals surface area contributed by atoms with Gasteiger partial charge in [0.1, 0.15) is 5.75 Å². The van der Waals surface area contributed by atoms with E-state index in [9.17, 15) is 9.90 Å². The summed E-state index contributed by atoms with van der Waals surface area (Å²) < 4.78 is 0. The van der Waals surface area contributed by atoms with E-state index in [1.165, 1.54) is 23.4 Å². The zero-order valence-electron chi connectivity index (χ0n) is 10.4. The lowest BCUT2D eigenvalue weighted by Gasteiger charge is -2.34. The van der Waals surface area contributed by atoms with Crippen LogP contribution in [0.4, 0.5) is 0 Å². The van der Waals surface area contributed by atoms with Crippen LogP contribution in [0.1, 0.15) is 29.6 Å². The van der Waals surface area contributed by atoms with Crippen molar-refractivity contribution in [2.75, 3.05) is 6.54 Å². The fraction of sp³-hybridized carbons (Fsp3) is 0.417. The first-order valence-electron chi connectivity index (χ1n) is 6.06. The maximum Gasteiger partial charge on any atom is 0.258 e. The molecule has 1 atom stereocenters. The Morgan fingerprint density at radius 3 is 3.00 bits per heavy atom. The normalized spacial score (nSPS) is 20.3. The lowest BCUT2D eigenvalue weighted by atomic mass is 10.00. The van der Waals surface area contributed by atoms with E-state index in [1.54, 1.807) is 0 Å². The molecule has 1 aromatic rings. The summed E-state index contributed by atoms with van der Waals surface area (Å²) in [5.41, 5.74) is 5.80. The molecule has 1 aromatic heterocycles. The average Bonchev–Trinajstić information content (AvgIpc) is 2.46. The van der Waals surface area contributed by atoms with Crippen molar-refractivity contribution >= 4 is 11.7 Å². The van der Waals surface area contributed by atoms with Crippen LogP contribution in [0, 0.1) is 0 Å². The molecule has 0 aliphatic carbocycles. The molecule has 0 spiro atoms. The van der Waals surface area contributed by atoms with Crippen molar-refractivity contribution < 1.29 is 15.1 Å². The molecule has 1 saturated heterocycles. The Kier molecular flexibility index (Phi) is 3.84. The molecule has 0 radical (unpaired) electrons. The summed E-state index contributed by atoms with van der Waals surface area (Å²) in [7, 11) is 0. The minimum atomic E-state index is -0.432. The second kappa shape index (κ2) is 5.55. The van der Waals surface area contributed by atoms with E-state index in [1.807, 2.05) is 0 Å². The van der Waals surface area contributed by atoms with E-state index in [4.69, 9.17) is 10.9 Å². The van der Waals surface area contributed by atoms with Crippen LogP contribution in [-0.4, -0.2) is 44.5 Å². The van der Waals surface area contributed by atoms with Crippen LogP contribution in [0.3, 0.4) is 0 Å². The third kappa shape index (κ3) is 2.59. The fourth-order valence-electron chi connectivity index (χ4n) is 2.27. The van der Waals surface area contributed by atoms with E-state index in [-0.39, 0.29) is 23.1 Å². The van der Waals surface area contributed by atoms with E-state index in [2.05, 4.69) is 10.1 Å². The van der Waals surface area contributed by atoms with E-state index < -0.39 is 6.04 Å². The molecule has 0 saturated carbocycles. The third-order valence-corrected chi connectivity index (χ3v) is 3.25. The zero-order valence-corrected chi connectivity index (χ0v) is 10.4. The first-order chi connectivity index (χ1) is 9.15. The summed E-state index contributed by atoms with van der Waals surface area (Å²) in [6.45, 7) is 0.515. The van der Waals surface area contributed by atoms with Crippen LogP contribution in [-0.2, 0) is 0 Å². The van der Waals surface area contributed by atoms with Gasteiger partial charge in [0.05, 0.1) is 17.8 Å². The summed E-state index contributed by atoms with van der Waals surface area (Å²) in [4.78, 5) is 17.7. The number of amidine groups is 1. The van der Waals surface area contributed by atoms with Gasteiger partial charge in [-0.25, -0.2) is 0 Å². The van der Waals surface area contributed by atoms with Gasteiger partial charge in [-0.3, -0.25) is 9.78 Å². The average molecular weight is 264 g/mol. The third-order valence-electron chi connectivity index (χ3n) is 3.25. The van der Waals surface area contributed by atoms with E-state index in [0.717, 1.165) is 12.8 Å². The van der Waals surface area contributed by atoms with Crippen molar-refractivity contribution in [2.24, 2.45) is 10.9 Å². The lowest BCUT2D eigenvalue weighted by molar-refractivity contribution is 0.0673. The van der Waals surface area contributed by atoms with Crippen LogP contribution in [0.5, 0.6) is 5.75 Å². The summed E-state index contributed by atoms with van der Waals surface area (Å²) in [6.07, 6.45) is 5.07. The molecular formula is C12H16N4O3. The number of nitrogens with zero attached hydrogens (tertiary/aromatic N) is 3. The van der Waals surface area contributed by atoms with Crippen LogP contribution in [0.2, 0.25) is 0 Å². The van der Waals surface area contributed by atoms with Gasteiger partial charge in [-0.05, 0) is 25.3 Å². The largest absolute Gasteiger partial charge is 0.505 e. The lowest BCUT2D eigenvalue weighted by Crippen LogP contribution is -2.50. The summed E-state index contributed by atoms with van der Waals surface area (Å²) in [5, 5.41) is 21.4. The van der Waals surface area contributed by atoms with Gasteiger partial charge in [0.15, 0.2) is 5.84 Å². The van der Waals surface area contributed by atoms with Crippen LogP contribution >= 0.6 is 0 Å². The Morgan fingerprint density at radius 1 is 1.53 bits per heavy atom. The molecule has 2 rings (SSSR count). The van der Waals surface area contributed by atoms with Gasteiger partial charge in [-0.15, -0.1) is 0 Å². The summed E-state index contributed by atoms with van der Waals surface area (Å²) in [5.74, 6) is -0.492. The molecular weight excluding hydrogens is 248 g/mol. The van der Waals surface area contributed by atoms with E-state index >= 15 is 0 Å². The maximum atomic E-state index is 12.4. The first kappa shape index (κ1) is 13.1. The predicted octanol–water partition coefficient (Wildman–Crippen LogP) is 0.528. The number of rotatable bonds is 2. The number of carbonyl (C=O) groups excluding carboxylic acids is 1. The molecule has 0 aromatic carbocycles. The van der Waals surface area contributed by atoms with Gasteiger partial charge in [-0.2, -0.15) is 0 Å². The van der Waals surface area contributed by atoms with Crippen LogP contribution < -0.4 is 5.73 Å². The number of nitrogens with two attached hydrogens (primary N) is 1. The first-order valence-corrected chi connectivity index (χ1v) is 6.06. The number of aromatic nitrogens is 1. The van der Waals surface area contributed by atoms with Gasteiger partial charge >= 0.3 is 0 Å². The number of oxime groups is 1. The van der Waals surface area contributed by atoms with Crippen LogP contribution in [0.25, 0.3) is 0 Å². The second-order valence-electron chi connectivity index (χ2n) is 4.43. The summed E-state index contributed by atoms with van der Waals surface area (Å²) in [6, 6.07) is 1.02. The zero-order chi connectivity index (χ0) is 13.8. The topological polar surface area (TPSA) is 112 Å². The van der Waals surface area contributed by atoms with E-state index in [0.29, 0.717) is 13.0 Å². The van der Waals surface area contributed by atoms with Crippen molar-refractivity contribution in [3.63, 3.8) is 0 Å². The highest BCUT2D eigenvalue weighted by Crippen LogP contribution is 2.23. The molecule has 7 nitrogen and oxygen atoms in total. The number of pyridine rings is 1. The predicted molar refractivity (Wildman–Crippen MR) is 68.0 cm³/mol. The molecule has 1 aliphatic rings. The highest BCUT2D eigenvalue weighted by molar-refractivity contribution is 6.00. The minimum Gasteiger partial charge on any atom is -0.505 e. The molecule has 0 bridgehead atoms. The molecule has 7 heteroatoms. The molecule has 19 heavy (non-hydrogen) atoms. The standard InChI is InChI=1S/C12H16N4O3/c13-11(15-19)9-3-1-2-6-16(9)12(18)8-4-5-14-7-10(8)17/h4-5,7,9,17,19H,1-3,6H2,(H2,13,15). The molecule has 4 N–H and O–H groups in total. The maximum absolute atomic E-state index is 12.4. The summed E-state index contributed by atoms with van der Waals surface area (Å²) >= 11 is 0. The van der Waals surface area contributed by atoms with Gasteiger partial charge in [-0.1, -0.05) is 5.16 Å². The number of piperidine rings is 1. The van der Waals surface area contributed by atoms with Gasteiger partial charge in [0.25, 0.3) is 5.91 Å². The van der Waals surface area contributed by atoms with Gasteiger partial charge in [0, 0.05) is 12.7 Å². The molecule has 1 aliphatic heterocycles. The number of carbonyl (C=O) groups is 1. The van der Waals surface area contributed by atoms with Crippen molar-refractivity contribution in [3.05, 3.63) is 24.0 Å². The SMILES string of the molecule is N/C(=N/O)C1CCCCN1C(=O)c1ccncc1O. The number of amides is 1. The van der Waals surface area contributed by atoms with Crippen molar-refractivity contribution in [1.29, 1.82) is 0 Å².